The van der Waals surface area contributed by atoms with Crippen LogP contribution in [0.25, 0.3) is 0 Å². The van der Waals surface area contributed by atoms with Gasteiger partial charge >= 0.3 is 0 Å². The first-order chi connectivity index (χ1) is 21.5. The summed E-state index contributed by atoms with van der Waals surface area (Å²) < 4.78 is 27.0. The second-order valence-electron chi connectivity index (χ2n) is 12.7. The van der Waals surface area contributed by atoms with Crippen LogP contribution in [-0.2, 0) is 38.8 Å². The average molecular weight is 609 g/mol. The van der Waals surface area contributed by atoms with Crippen LogP contribution in [0.15, 0.2) is 121 Å². The Morgan fingerprint density at radius 1 is 0.545 bits per heavy atom. The van der Waals surface area contributed by atoms with Gasteiger partial charge in [0.05, 0.1) is 40.6 Å². The van der Waals surface area contributed by atoms with E-state index in [1.807, 2.05) is 30.3 Å². The smallest absolute Gasteiger partial charge is 0.115 e. The van der Waals surface area contributed by atoms with E-state index in [0.29, 0.717) is 37.5 Å². The summed E-state index contributed by atoms with van der Waals surface area (Å²) >= 11 is 0. The number of hydrogen-bond acceptors (Lipinski definition) is 4. The van der Waals surface area contributed by atoms with Crippen molar-refractivity contribution in [3.8, 4) is 0 Å². The fraction of sp³-hybridized carbons (Fsp3) is 0.385. The summed E-state index contributed by atoms with van der Waals surface area (Å²) in [5.74, 6) is 0. The van der Waals surface area contributed by atoms with Crippen LogP contribution < -0.4 is 5.19 Å². The van der Waals surface area contributed by atoms with Gasteiger partial charge in [0.2, 0.25) is 0 Å². The van der Waals surface area contributed by atoms with Gasteiger partial charge in [0, 0.05) is 0 Å². The first-order valence-electron chi connectivity index (χ1n) is 16.1. The van der Waals surface area contributed by atoms with Crippen LogP contribution in [-0.4, -0.2) is 39.1 Å². The first-order valence-corrected chi connectivity index (χ1v) is 18.5. The van der Waals surface area contributed by atoms with Crippen LogP contribution in [0, 0.1) is 0 Å². The highest BCUT2D eigenvalue weighted by Gasteiger charge is 2.52. The van der Waals surface area contributed by atoms with E-state index in [9.17, 15) is 0 Å². The maximum atomic E-state index is 7.04. The molecule has 1 aliphatic rings. The van der Waals surface area contributed by atoms with Crippen LogP contribution in [0.3, 0.4) is 0 Å². The number of hydrogen-bond donors (Lipinski definition) is 0. The van der Waals surface area contributed by atoms with Gasteiger partial charge < -0.3 is 18.9 Å². The molecule has 44 heavy (non-hydrogen) atoms. The lowest BCUT2D eigenvalue weighted by Gasteiger charge is -2.42. The van der Waals surface area contributed by atoms with Crippen molar-refractivity contribution in [2.45, 2.75) is 89.1 Å². The molecule has 0 amide bonds. The Labute approximate surface area is 265 Å². The van der Waals surface area contributed by atoms with Gasteiger partial charge in [0.1, 0.15) is 18.3 Å². The van der Waals surface area contributed by atoms with E-state index in [1.165, 1.54) is 5.19 Å². The summed E-state index contributed by atoms with van der Waals surface area (Å²) in [6, 6.07) is 43.2. The molecule has 4 aromatic rings. The second-order valence-corrected chi connectivity index (χ2v) is 18.0. The van der Waals surface area contributed by atoms with Gasteiger partial charge in [0.15, 0.2) is 0 Å². The van der Waals surface area contributed by atoms with E-state index < -0.39 is 8.07 Å². The van der Waals surface area contributed by atoms with E-state index in [1.54, 1.807) is 0 Å². The molecule has 232 valence electrons. The highest BCUT2D eigenvalue weighted by molar-refractivity contribution is 6.94. The molecule has 5 rings (SSSR count). The molecule has 1 heterocycles. The van der Waals surface area contributed by atoms with Crippen LogP contribution in [0.5, 0.6) is 0 Å². The standard InChI is InChI=1S/C39H48O4Si/c1-30(2)44(31(3)4,35-23-15-8-16-24-35)29-37-39(42-27-34-21-13-7-14-22-34)38(41-26-33-19-11-6-12-20-33)36(43-37)28-40-25-32-17-9-5-10-18-32/h5-24,30-31,36-39H,25-29H2,1-4H3/t36-,37+,38-,39-/m0/s1. The molecule has 4 atom stereocenters. The van der Waals surface area contributed by atoms with Gasteiger partial charge in [0.25, 0.3) is 0 Å². The lowest BCUT2D eigenvalue weighted by atomic mass is 10.1. The SMILES string of the molecule is CC(C)[Si](C[C@H]1O[C@@H](COCc2ccccc2)[C@H](OCc2ccccc2)[C@H]1OCc1ccccc1)(c1ccccc1)C(C)C. The molecule has 0 saturated carbocycles. The van der Waals surface area contributed by atoms with E-state index >= 15 is 0 Å². The Bertz CT molecular complexity index is 1360. The lowest BCUT2D eigenvalue weighted by molar-refractivity contribution is -0.0897. The van der Waals surface area contributed by atoms with Gasteiger partial charge in [-0.2, -0.15) is 0 Å². The monoisotopic (exact) mass is 608 g/mol. The molecule has 1 aliphatic heterocycles. The minimum Gasteiger partial charge on any atom is -0.374 e. The third-order valence-electron chi connectivity index (χ3n) is 9.28. The summed E-state index contributed by atoms with van der Waals surface area (Å²) in [5, 5.41) is 1.49. The molecular formula is C39H48O4Si. The highest BCUT2D eigenvalue weighted by atomic mass is 28.3. The van der Waals surface area contributed by atoms with Crippen LogP contribution in [0.1, 0.15) is 44.4 Å². The minimum atomic E-state index is -2.07. The molecule has 5 heteroatoms. The Morgan fingerprint density at radius 3 is 1.41 bits per heavy atom. The zero-order valence-corrected chi connectivity index (χ0v) is 27.7. The molecule has 0 unspecified atom stereocenters. The number of benzene rings is 4. The van der Waals surface area contributed by atoms with Gasteiger partial charge in [-0.05, 0) is 33.8 Å². The predicted molar refractivity (Wildman–Crippen MR) is 182 cm³/mol. The normalized spacial score (nSPS) is 20.4. The Kier molecular flexibility index (Phi) is 11.6. The summed E-state index contributed by atoms with van der Waals surface area (Å²) in [6.07, 6.45) is -0.838. The fourth-order valence-electron chi connectivity index (χ4n) is 6.91. The average Bonchev–Trinajstić information content (AvgIpc) is 3.38. The van der Waals surface area contributed by atoms with Gasteiger partial charge in [-0.1, -0.05) is 154 Å². The second kappa shape index (κ2) is 15.8. The maximum absolute atomic E-state index is 7.04. The highest BCUT2D eigenvalue weighted by Crippen LogP contribution is 2.41. The summed E-state index contributed by atoms with van der Waals surface area (Å²) in [7, 11) is -2.07. The van der Waals surface area contributed by atoms with E-state index in [4.69, 9.17) is 18.9 Å². The van der Waals surface area contributed by atoms with Crippen molar-refractivity contribution in [1.29, 1.82) is 0 Å². The van der Waals surface area contributed by atoms with Gasteiger partial charge in [-0.25, -0.2) is 0 Å². The third-order valence-corrected chi connectivity index (χ3v) is 15.9. The van der Waals surface area contributed by atoms with Crippen molar-refractivity contribution in [3.63, 3.8) is 0 Å². The molecule has 0 radical (unpaired) electrons. The third kappa shape index (κ3) is 7.95. The Morgan fingerprint density at radius 2 is 0.955 bits per heavy atom. The van der Waals surface area contributed by atoms with Crippen molar-refractivity contribution in [1.82, 2.24) is 0 Å². The molecule has 1 saturated heterocycles. The van der Waals surface area contributed by atoms with Crippen molar-refractivity contribution >= 4 is 13.3 Å². The van der Waals surface area contributed by atoms with Crippen molar-refractivity contribution in [3.05, 3.63) is 138 Å². The molecular weight excluding hydrogens is 561 g/mol. The topological polar surface area (TPSA) is 36.9 Å². The van der Waals surface area contributed by atoms with Crippen LogP contribution in [0.2, 0.25) is 17.1 Å². The molecule has 0 N–H and O–H groups in total. The molecule has 0 aliphatic carbocycles. The van der Waals surface area contributed by atoms with E-state index in [0.717, 1.165) is 22.7 Å². The first kappa shape index (κ1) is 32.3. The van der Waals surface area contributed by atoms with Crippen LogP contribution in [0.4, 0.5) is 0 Å². The quantitative estimate of drug-likeness (QED) is 0.127. The summed E-state index contributed by atoms with van der Waals surface area (Å²) in [6.45, 7) is 11.6. The number of rotatable bonds is 15. The van der Waals surface area contributed by atoms with Gasteiger partial charge in [-0.15, -0.1) is 0 Å². The summed E-state index contributed by atoms with van der Waals surface area (Å²) in [4.78, 5) is 0. The minimum absolute atomic E-state index is 0.110. The molecule has 0 spiro atoms. The Balaban J connectivity index is 1.45. The fourth-order valence-corrected chi connectivity index (χ4v) is 12.6. The molecule has 4 nitrogen and oxygen atoms in total. The number of ether oxygens (including phenoxy) is 4. The molecule has 0 aromatic heterocycles. The predicted octanol–water partition coefficient (Wildman–Crippen LogP) is 8.32. The molecule has 1 fully saturated rings. The van der Waals surface area contributed by atoms with Crippen molar-refractivity contribution in [2.24, 2.45) is 0 Å². The largest absolute Gasteiger partial charge is 0.374 e. The maximum Gasteiger partial charge on any atom is 0.115 e. The summed E-state index contributed by atoms with van der Waals surface area (Å²) in [5.41, 5.74) is 4.49. The van der Waals surface area contributed by atoms with Gasteiger partial charge in [-0.3, -0.25) is 0 Å². The van der Waals surface area contributed by atoms with E-state index in [-0.39, 0.29) is 24.4 Å². The molecule has 0 bridgehead atoms. The zero-order chi connectivity index (χ0) is 30.8. The zero-order valence-electron chi connectivity index (χ0n) is 26.7. The van der Waals surface area contributed by atoms with Crippen molar-refractivity contribution < 1.29 is 18.9 Å². The van der Waals surface area contributed by atoms with E-state index in [2.05, 4.69) is 119 Å². The lowest BCUT2D eigenvalue weighted by Crippen LogP contribution is -2.56. The molecule has 4 aromatic carbocycles. The Hall–Kier alpha value is -3.06. The van der Waals surface area contributed by atoms with Crippen LogP contribution >= 0.6 is 0 Å². The van der Waals surface area contributed by atoms with Crippen molar-refractivity contribution in [2.75, 3.05) is 6.61 Å².